The number of para-hydroxylation sites is 1. The van der Waals surface area contributed by atoms with E-state index >= 15 is 0 Å². The molecule has 122 valence electrons. The van der Waals surface area contributed by atoms with Gasteiger partial charge in [0, 0.05) is 22.1 Å². The van der Waals surface area contributed by atoms with Gasteiger partial charge in [-0.15, -0.1) is 0 Å². The van der Waals surface area contributed by atoms with Crippen molar-refractivity contribution in [3.63, 3.8) is 0 Å². The molecule has 0 unspecified atom stereocenters. The summed E-state index contributed by atoms with van der Waals surface area (Å²) >= 11 is 0. The zero-order valence-electron chi connectivity index (χ0n) is 15.1. The van der Waals surface area contributed by atoms with E-state index in [1.807, 2.05) is 12.1 Å². The Labute approximate surface area is 144 Å². The van der Waals surface area contributed by atoms with Crippen LogP contribution < -0.4 is 0 Å². The molecule has 0 bridgehead atoms. The number of hydrogen-bond donors (Lipinski definition) is 0. The maximum atomic E-state index is 5.04. The minimum absolute atomic E-state index is 0.121. The van der Waals surface area contributed by atoms with E-state index < -0.39 is 0 Å². The molecule has 1 aliphatic rings. The summed E-state index contributed by atoms with van der Waals surface area (Å²) < 4.78 is 0. The van der Waals surface area contributed by atoms with Crippen molar-refractivity contribution < 1.29 is 0 Å². The number of aliphatic imine (C=N–C) groups is 2. The van der Waals surface area contributed by atoms with Gasteiger partial charge in [0.05, 0.1) is 11.4 Å². The zero-order chi connectivity index (χ0) is 17.3. The number of hydrogen-bond acceptors (Lipinski definition) is 2. The van der Waals surface area contributed by atoms with E-state index in [0.29, 0.717) is 0 Å². The van der Waals surface area contributed by atoms with Gasteiger partial charge in [0.2, 0.25) is 0 Å². The minimum Gasteiger partial charge on any atom is -0.232 e. The van der Waals surface area contributed by atoms with Gasteiger partial charge < -0.3 is 0 Å². The third-order valence-corrected chi connectivity index (χ3v) is 4.07. The Morgan fingerprint density at radius 2 is 1.42 bits per heavy atom. The quantitative estimate of drug-likeness (QED) is 0.611. The van der Waals surface area contributed by atoms with Gasteiger partial charge in [-0.05, 0) is 19.9 Å². The molecule has 0 fully saturated rings. The van der Waals surface area contributed by atoms with Gasteiger partial charge in [-0.2, -0.15) is 0 Å². The lowest BCUT2D eigenvalue weighted by Crippen LogP contribution is -2.20. The van der Waals surface area contributed by atoms with Crippen molar-refractivity contribution in [1.82, 2.24) is 0 Å². The number of rotatable bonds is 1. The highest BCUT2D eigenvalue weighted by Gasteiger charge is 2.26. The second-order valence-electron chi connectivity index (χ2n) is 7.40. The van der Waals surface area contributed by atoms with Crippen molar-refractivity contribution >= 4 is 22.8 Å². The molecule has 0 aromatic heterocycles. The second kappa shape index (κ2) is 6.20. The summed E-state index contributed by atoms with van der Waals surface area (Å²) in [5.41, 5.74) is 6.59. The molecule has 2 aromatic carbocycles. The van der Waals surface area contributed by atoms with E-state index in [4.69, 9.17) is 9.98 Å². The van der Waals surface area contributed by atoms with Crippen LogP contribution in [0, 0.1) is 5.41 Å². The monoisotopic (exact) mass is 316 g/mol. The minimum atomic E-state index is -0.121. The Bertz CT molecular complexity index is 843. The Hall–Kier alpha value is -2.48. The fourth-order valence-corrected chi connectivity index (χ4v) is 2.86. The molecule has 3 rings (SSSR count). The number of allylic oxidation sites excluding steroid dienone is 2. The molecular weight excluding hydrogens is 292 g/mol. The van der Waals surface area contributed by atoms with Crippen LogP contribution in [-0.4, -0.2) is 11.5 Å². The van der Waals surface area contributed by atoms with Gasteiger partial charge in [0.1, 0.15) is 5.84 Å². The van der Waals surface area contributed by atoms with Crippen molar-refractivity contribution in [3.05, 3.63) is 71.3 Å². The van der Waals surface area contributed by atoms with Crippen LogP contribution in [0.1, 0.15) is 45.7 Å². The number of nitrogens with zero attached hydrogens (tertiary/aromatic N) is 2. The maximum absolute atomic E-state index is 5.04. The first kappa shape index (κ1) is 16.4. The van der Waals surface area contributed by atoms with Gasteiger partial charge in [-0.1, -0.05) is 74.9 Å². The van der Waals surface area contributed by atoms with E-state index in [-0.39, 0.29) is 5.41 Å². The third-order valence-electron chi connectivity index (χ3n) is 4.07. The first-order chi connectivity index (χ1) is 11.4. The van der Waals surface area contributed by atoms with Gasteiger partial charge in [0.25, 0.3) is 0 Å². The number of amidine groups is 1. The smallest absolute Gasteiger partial charge is 0.135 e. The summed E-state index contributed by atoms with van der Waals surface area (Å²) in [6, 6.07) is 18.7. The first-order valence-electron chi connectivity index (χ1n) is 8.38. The molecule has 2 aromatic rings. The lowest BCUT2D eigenvalue weighted by atomic mass is 9.91. The van der Waals surface area contributed by atoms with Crippen molar-refractivity contribution in [3.8, 4) is 0 Å². The highest BCUT2D eigenvalue weighted by molar-refractivity contribution is 6.36. The van der Waals surface area contributed by atoms with Crippen LogP contribution in [0.4, 0.5) is 5.69 Å². The topological polar surface area (TPSA) is 24.7 Å². The Kier molecular flexibility index (Phi) is 4.23. The molecule has 0 saturated carbocycles. The Balaban J connectivity index is 2.36. The molecule has 2 nitrogen and oxygen atoms in total. The molecule has 1 heterocycles. The van der Waals surface area contributed by atoms with Crippen molar-refractivity contribution in [2.75, 3.05) is 0 Å². The average molecular weight is 316 g/mol. The number of fused-ring (bicyclic) bond motifs is 1. The zero-order valence-corrected chi connectivity index (χ0v) is 15.1. The molecule has 24 heavy (non-hydrogen) atoms. The summed E-state index contributed by atoms with van der Waals surface area (Å²) in [5, 5.41) is 0. The lowest BCUT2D eigenvalue weighted by molar-refractivity contribution is 0.586. The first-order valence-corrected chi connectivity index (χ1v) is 8.38. The molecule has 2 heteroatoms. The van der Waals surface area contributed by atoms with E-state index in [9.17, 15) is 0 Å². The summed E-state index contributed by atoms with van der Waals surface area (Å²) in [5.74, 6) is 0.866. The molecule has 0 radical (unpaired) electrons. The molecule has 0 spiro atoms. The van der Waals surface area contributed by atoms with Crippen LogP contribution >= 0.6 is 0 Å². The summed E-state index contributed by atoms with van der Waals surface area (Å²) in [6.45, 7) is 10.8. The second-order valence-corrected chi connectivity index (χ2v) is 7.40. The maximum Gasteiger partial charge on any atom is 0.135 e. The van der Waals surface area contributed by atoms with Gasteiger partial charge >= 0.3 is 0 Å². The lowest BCUT2D eigenvalue weighted by Gasteiger charge is -2.18. The van der Waals surface area contributed by atoms with Crippen LogP contribution in [-0.2, 0) is 0 Å². The highest BCUT2D eigenvalue weighted by Crippen LogP contribution is 2.36. The summed E-state index contributed by atoms with van der Waals surface area (Å²) in [7, 11) is 0. The fraction of sp³-hybridized carbons (Fsp3) is 0.273. The SMILES string of the molecule is CC(C)=C1C(c2ccccc2)=NC(C(C)(C)C)=Nc2ccccc21. The van der Waals surface area contributed by atoms with Crippen molar-refractivity contribution in [2.24, 2.45) is 15.4 Å². The Morgan fingerprint density at radius 3 is 2.04 bits per heavy atom. The Morgan fingerprint density at radius 1 is 0.792 bits per heavy atom. The van der Waals surface area contributed by atoms with Crippen molar-refractivity contribution in [2.45, 2.75) is 34.6 Å². The highest BCUT2D eigenvalue weighted by atomic mass is 15.0. The van der Waals surface area contributed by atoms with E-state index in [0.717, 1.165) is 28.4 Å². The molecule has 0 amide bonds. The van der Waals surface area contributed by atoms with Crippen LogP contribution in [0.2, 0.25) is 0 Å². The largest absolute Gasteiger partial charge is 0.232 e. The van der Waals surface area contributed by atoms with E-state index in [2.05, 4.69) is 77.1 Å². The fourth-order valence-electron chi connectivity index (χ4n) is 2.86. The normalized spacial score (nSPS) is 14.5. The summed E-state index contributed by atoms with van der Waals surface area (Å²) in [6.07, 6.45) is 0. The van der Waals surface area contributed by atoms with E-state index in [1.54, 1.807) is 0 Å². The van der Waals surface area contributed by atoms with Gasteiger partial charge in [-0.3, -0.25) is 0 Å². The standard InChI is InChI=1S/C22H24N2/c1-15(2)19-17-13-9-10-14-18(17)23-21(22(3,4)5)24-20(19)16-11-7-6-8-12-16/h6-14H,1-5H3. The van der Waals surface area contributed by atoms with E-state index in [1.165, 1.54) is 11.1 Å². The summed E-state index contributed by atoms with van der Waals surface area (Å²) in [4.78, 5) is 9.96. The predicted octanol–water partition coefficient (Wildman–Crippen LogP) is 6.06. The molecule has 0 saturated heterocycles. The van der Waals surface area contributed by atoms with Crippen molar-refractivity contribution in [1.29, 1.82) is 0 Å². The molecule has 1 aliphatic heterocycles. The molecule has 0 N–H and O–H groups in total. The molecular formula is C22H24N2. The average Bonchev–Trinajstić information content (AvgIpc) is 2.72. The van der Waals surface area contributed by atoms with Crippen LogP contribution in [0.3, 0.4) is 0 Å². The molecule has 0 aliphatic carbocycles. The third kappa shape index (κ3) is 3.09. The van der Waals surface area contributed by atoms with Gasteiger partial charge in [-0.25, -0.2) is 9.98 Å². The van der Waals surface area contributed by atoms with Gasteiger partial charge in [0.15, 0.2) is 0 Å². The predicted molar refractivity (Wildman–Crippen MR) is 104 cm³/mol. The van der Waals surface area contributed by atoms with Crippen LogP contribution in [0.5, 0.6) is 0 Å². The van der Waals surface area contributed by atoms with Crippen LogP contribution in [0.15, 0.2) is 70.2 Å². The molecule has 0 atom stereocenters. The number of benzene rings is 2. The van der Waals surface area contributed by atoms with Crippen LogP contribution in [0.25, 0.3) is 5.57 Å².